The maximum Gasteiger partial charge on any atom is 0.425 e. The molecule has 0 saturated heterocycles. The van der Waals surface area contributed by atoms with E-state index >= 15 is 0 Å². The number of fused-ring (bicyclic) bond motifs is 3. The summed E-state index contributed by atoms with van der Waals surface area (Å²) in [5, 5.41) is 3.17. The van der Waals surface area contributed by atoms with Crippen LogP contribution in [0.4, 0.5) is 5.69 Å². The van der Waals surface area contributed by atoms with Gasteiger partial charge in [0, 0.05) is 23.2 Å². The number of anilines is 1. The monoisotopic (exact) mass is 702 g/mol. The van der Waals surface area contributed by atoms with Crippen LogP contribution in [-0.4, -0.2) is 29.3 Å². The van der Waals surface area contributed by atoms with Gasteiger partial charge in [0.1, 0.15) is 5.52 Å². The van der Waals surface area contributed by atoms with Crippen molar-refractivity contribution in [2.24, 2.45) is 16.7 Å². The van der Waals surface area contributed by atoms with Gasteiger partial charge >= 0.3 is 10.6 Å². The Hall–Kier alpha value is -5.15. The molecule has 51 heavy (non-hydrogen) atoms. The summed E-state index contributed by atoms with van der Waals surface area (Å²) in [6, 6.07) is 31.7. The van der Waals surface area contributed by atoms with Crippen molar-refractivity contribution in [2.75, 3.05) is 5.32 Å². The first-order valence-electron chi connectivity index (χ1n) is 17.4. The number of benzene rings is 4. The SMILES string of the molecule is CCCC(=O)c1ccc(C[C@@H](C(=O)Nc2ccc(-c3nc4ccccc4o3)cc2)c2ccc(C3=CC4CCC3(C)C4(C)C)cc2)cc1.O=S(=O)=O. The van der Waals surface area contributed by atoms with Crippen molar-refractivity contribution in [3.8, 4) is 11.5 Å². The van der Waals surface area contributed by atoms with E-state index in [-0.39, 0.29) is 22.5 Å². The van der Waals surface area contributed by atoms with Crippen LogP contribution in [0, 0.1) is 16.7 Å². The summed E-state index contributed by atoms with van der Waals surface area (Å²) in [5.74, 6) is 0.814. The largest absolute Gasteiger partial charge is 0.436 e. The van der Waals surface area contributed by atoms with Gasteiger partial charge in [-0.15, -0.1) is 12.6 Å². The van der Waals surface area contributed by atoms with Crippen molar-refractivity contribution < 1.29 is 26.6 Å². The Labute approximate surface area is 300 Å². The van der Waals surface area contributed by atoms with E-state index in [0.717, 1.165) is 39.8 Å². The van der Waals surface area contributed by atoms with Crippen LogP contribution < -0.4 is 5.32 Å². The summed E-state index contributed by atoms with van der Waals surface area (Å²) in [4.78, 5) is 31.1. The normalized spacial score (nSPS) is 19.1. The van der Waals surface area contributed by atoms with Crippen molar-refractivity contribution >= 4 is 44.7 Å². The molecule has 1 saturated carbocycles. The van der Waals surface area contributed by atoms with Gasteiger partial charge in [0.25, 0.3) is 0 Å². The van der Waals surface area contributed by atoms with Crippen LogP contribution in [0.1, 0.15) is 86.3 Å². The summed E-state index contributed by atoms with van der Waals surface area (Å²) in [5.41, 5.74) is 8.91. The van der Waals surface area contributed by atoms with Crippen LogP contribution in [-0.2, 0) is 21.8 Å². The number of rotatable bonds is 10. The summed E-state index contributed by atoms with van der Waals surface area (Å²) >= 11 is 0. The zero-order valence-corrected chi connectivity index (χ0v) is 30.1. The summed E-state index contributed by atoms with van der Waals surface area (Å²) in [7, 11) is -3.11. The number of carbonyl (C=O) groups is 2. The van der Waals surface area contributed by atoms with E-state index in [1.54, 1.807) is 0 Å². The molecule has 7 rings (SSSR count). The molecule has 2 aliphatic rings. The van der Waals surface area contributed by atoms with E-state index in [1.165, 1.54) is 24.0 Å². The zero-order valence-electron chi connectivity index (χ0n) is 29.3. The lowest BCUT2D eigenvalue weighted by Gasteiger charge is -2.37. The molecule has 3 atom stereocenters. The average Bonchev–Trinajstić information content (AvgIpc) is 3.71. The van der Waals surface area contributed by atoms with Gasteiger partial charge in [-0.1, -0.05) is 94.4 Å². The fourth-order valence-corrected chi connectivity index (χ4v) is 7.72. The lowest BCUT2D eigenvalue weighted by Crippen LogP contribution is -2.29. The first kappa shape index (κ1) is 35.7. The van der Waals surface area contributed by atoms with E-state index < -0.39 is 16.5 Å². The Kier molecular flexibility index (Phi) is 10.2. The maximum atomic E-state index is 14.0. The fraction of sp³-hybridized carbons (Fsp3) is 0.310. The first-order chi connectivity index (χ1) is 24.4. The predicted molar refractivity (Wildman–Crippen MR) is 199 cm³/mol. The zero-order chi connectivity index (χ0) is 36.3. The number of para-hydroxylation sites is 2. The number of ketones is 1. The van der Waals surface area contributed by atoms with Crippen LogP contribution in [0.25, 0.3) is 28.1 Å². The molecule has 9 heteroatoms. The minimum atomic E-state index is -3.11. The molecule has 4 aromatic carbocycles. The molecule has 1 N–H and O–H groups in total. The van der Waals surface area contributed by atoms with Crippen molar-refractivity contribution in [2.45, 2.75) is 65.7 Å². The summed E-state index contributed by atoms with van der Waals surface area (Å²) in [6.07, 6.45) is 6.84. The van der Waals surface area contributed by atoms with Crippen LogP contribution in [0.15, 0.2) is 108 Å². The van der Waals surface area contributed by atoms with Gasteiger partial charge in [0.2, 0.25) is 11.8 Å². The van der Waals surface area contributed by atoms with Crippen molar-refractivity contribution in [1.82, 2.24) is 4.98 Å². The van der Waals surface area contributed by atoms with Gasteiger partial charge in [-0.2, -0.15) is 0 Å². The molecule has 2 unspecified atom stereocenters. The highest BCUT2D eigenvalue weighted by molar-refractivity contribution is 7.59. The number of hydrogen-bond donors (Lipinski definition) is 1. The minimum Gasteiger partial charge on any atom is -0.436 e. The lowest BCUT2D eigenvalue weighted by atomic mass is 9.66. The van der Waals surface area contributed by atoms with Gasteiger partial charge in [0.05, 0.1) is 5.92 Å². The molecule has 0 radical (unpaired) electrons. The van der Waals surface area contributed by atoms with E-state index in [2.05, 4.69) is 61.4 Å². The van der Waals surface area contributed by atoms with Crippen LogP contribution >= 0.6 is 0 Å². The van der Waals surface area contributed by atoms with Crippen molar-refractivity contribution in [3.63, 3.8) is 0 Å². The second-order valence-electron chi connectivity index (χ2n) is 14.3. The number of amides is 1. The van der Waals surface area contributed by atoms with E-state index in [0.29, 0.717) is 30.3 Å². The Bertz CT molecular complexity index is 2160. The molecule has 1 fully saturated rings. The molecule has 262 valence electrons. The molecule has 5 aromatic rings. The Morgan fingerprint density at radius 1 is 0.882 bits per heavy atom. The average molecular weight is 703 g/mol. The van der Waals surface area contributed by atoms with Gasteiger partial charge in [-0.25, -0.2) is 4.98 Å². The molecule has 2 bridgehead atoms. The topological polar surface area (TPSA) is 123 Å². The standard InChI is InChI=1S/C42H42N2O3.O3S/c1-5-8-37(45)30-13-11-27(12-14-30)25-34(28-15-17-29(18-16-28)35-26-32-23-24-42(35,4)41(32,2)3)39(46)43-33-21-19-31(20-22-33)40-44-36-9-6-7-10-38(36)47-40;1-4(2)3/h6-7,9-22,26,32,34H,5,8,23-25H2,1-4H3,(H,43,46);/t32?,34-,42?;/m1./s1. The number of nitrogens with one attached hydrogen (secondary N) is 1. The predicted octanol–water partition coefficient (Wildman–Crippen LogP) is 9.28. The molecular formula is C42H42N2O6S. The van der Waals surface area contributed by atoms with Gasteiger partial charge in [0.15, 0.2) is 11.4 Å². The number of nitrogens with zero attached hydrogens (tertiary/aromatic N) is 1. The molecule has 1 amide bonds. The number of Topliss-reactive ketones (excluding diaryl/α,β-unsaturated/α-hetero) is 1. The van der Waals surface area contributed by atoms with Crippen LogP contribution in [0.5, 0.6) is 0 Å². The van der Waals surface area contributed by atoms with E-state index in [4.69, 9.17) is 17.0 Å². The third-order valence-corrected chi connectivity index (χ3v) is 11.1. The van der Waals surface area contributed by atoms with Gasteiger partial charge in [-0.05, 0) is 101 Å². The molecular weight excluding hydrogens is 661 g/mol. The number of oxazole rings is 1. The molecule has 0 spiro atoms. The molecule has 2 aliphatic carbocycles. The van der Waals surface area contributed by atoms with Crippen molar-refractivity contribution in [3.05, 3.63) is 125 Å². The Morgan fingerprint density at radius 3 is 2.12 bits per heavy atom. The van der Waals surface area contributed by atoms with Crippen LogP contribution in [0.2, 0.25) is 0 Å². The van der Waals surface area contributed by atoms with E-state index in [9.17, 15) is 9.59 Å². The fourth-order valence-electron chi connectivity index (χ4n) is 7.72. The highest BCUT2D eigenvalue weighted by atomic mass is 32.2. The van der Waals surface area contributed by atoms with Gasteiger partial charge in [-0.3, -0.25) is 9.59 Å². The third-order valence-electron chi connectivity index (χ3n) is 11.1. The number of carbonyl (C=O) groups excluding carboxylic acids is 2. The minimum absolute atomic E-state index is 0.0780. The quantitative estimate of drug-likeness (QED) is 0.144. The highest BCUT2D eigenvalue weighted by Crippen LogP contribution is 2.67. The number of allylic oxidation sites excluding steroid dienone is 2. The smallest absolute Gasteiger partial charge is 0.425 e. The Morgan fingerprint density at radius 2 is 1.53 bits per heavy atom. The number of hydrogen-bond acceptors (Lipinski definition) is 7. The summed E-state index contributed by atoms with van der Waals surface area (Å²) in [6.45, 7) is 9.24. The molecule has 0 aliphatic heterocycles. The van der Waals surface area contributed by atoms with Gasteiger partial charge < -0.3 is 9.73 Å². The van der Waals surface area contributed by atoms with Crippen molar-refractivity contribution in [1.29, 1.82) is 0 Å². The summed E-state index contributed by atoms with van der Waals surface area (Å²) < 4.78 is 31.3. The van der Waals surface area contributed by atoms with E-state index in [1.807, 2.05) is 79.7 Å². The molecule has 1 heterocycles. The lowest BCUT2D eigenvalue weighted by molar-refractivity contribution is -0.117. The van der Waals surface area contributed by atoms with Crippen LogP contribution in [0.3, 0.4) is 0 Å². The molecule has 8 nitrogen and oxygen atoms in total. The third kappa shape index (κ3) is 7.35. The second kappa shape index (κ2) is 14.6. The number of aromatic nitrogens is 1. The highest BCUT2D eigenvalue weighted by Gasteiger charge is 2.57. The maximum absolute atomic E-state index is 14.0. The molecule has 1 aromatic heterocycles. The Balaban J connectivity index is 0.00000107. The second-order valence-corrected chi connectivity index (χ2v) is 14.7. The first-order valence-corrected chi connectivity index (χ1v) is 18.4.